The number of ether oxygens (including phenoxy) is 4. The van der Waals surface area contributed by atoms with Crippen LogP contribution in [-0.4, -0.2) is 96.7 Å². The van der Waals surface area contributed by atoms with Gasteiger partial charge in [-0.3, -0.25) is 37.3 Å². The summed E-state index contributed by atoms with van der Waals surface area (Å²) >= 11 is 0. The number of unbranched alkanes of at least 4 members (excludes halogenated alkanes) is 29. The van der Waals surface area contributed by atoms with Crippen LogP contribution in [0.4, 0.5) is 0 Å². The Morgan fingerprint density at radius 2 is 0.464 bits per heavy atom. The zero-order valence-corrected chi connectivity index (χ0v) is 72.1. The van der Waals surface area contributed by atoms with Gasteiger partial charge >= 0.3 is 39.5 Å². The van der Waals surface area contributed by atoms with E-state index in [0.717, 1.165) is 250 Å². The summed E-state index contributed by atoms with van der Waals surface area (Å²) in [6.45, 7) is 4.50. The Hall–Kier alpha value is -5.32. The first-order chi connectivity index (χ1) is 54.7. The molecule has 0 aliphatic rings. The third-order valence-electron chi connectivity index (χ3n) is 18.0. The molecule has 5 unspecified atom stereocenters. The highest BCUT2D eigenvalue weighted by Crippen LogP contribution is 2.45. The first-order valence-electron chi connectivity index (χ1n) is 43.7. The number of hydrogen-bond acceptors (Lipinski definition) is 15. The average molecular weight is 1610 g/mol. The molecule has 0 aromatic heterocycles. The summed E-state index contributed by atoms with van der Waals surface area (Å²) in [5.74, 6) is -2.22. The van der Waals surface area contributed by atoms with E-state index in [9.17, 15) is 43.2 Å². The zero-order valence-electron chi connectivity index (χ0n) is 70.3. The second-order valence-corrected chi connectivity index (χ2v) is 31.6. The van der Waals surface area contributed by atoms with Crippen molar-refractivity contribution in [1.29, 1.82) is 0 Å². The van der Waals surface area contributed by atoms with E-state index in [1.54, 1.807) is 0 Å². The van der Waals surface area contributed by atoms with Crippen LogP contribution in [0.5, 0.6) is 0 Å². The molecule has 0 aromatic rings. The van der Waals surface area contributed by atoms with Crippen LogP contribution in [0, 0.1) is 0 Å². The third kappa shape index (κ3) is 82.7. The van der Waals surface area contributed by atoms with Gasteiger partial charge in [-0.05, 0) is 167 Å². The lowest BCUT2D eigenvalue weighted by Crippen LogP contribution is -2.30. The lowest BCUT2D eigenvalue weighted by Gasteiger charge is -2.21. The topological polar surface area (TPSA) is 237 Å². The molecule has 19 heteroatoms. The molecule has 0 aliphatic heterocycles. The summed E-state index contributed by atoms with van der Waals surface area (Å²) in [5, 5.41) is 10.7. The molecule has 0 saturated heterocycles. The maximum atomic E-state index is 13.2. The number of aliphatic hydroxyl groups is 1. The zero-order chi connectivity index (χ0) is 81.7. The molecule has 0 saturated carbocycles. The molecular weight excluding hydrogens is 1450 g/mol. The van der Waals surface area contributed by atoms with Crippen LogP contribution in [0.25, 0.3) is 0 Å². The molecular formula is C93H156O17P2. The third-order valence-corrected chi connectivity index (χ3v) is 19.9. The molecule has 112 heavy (non-hydrogen) atoms. The van der Waals surface area contributed by atoms with Crippen molar-refractivity contribution in [1.82, 2.24) is 0 Å². The van der Waals surface area contributed by atoms with E-state index < -0.39 is 97.5 Å². The van der Waals surface area contributed by atoms with Crippen molar-refractivity contribution in [3.8, 4) is 0 Å². The molecule has 5 atom stereocenters. The van der Waals surface area contributed by atoms with Crippen molar-refractivity contribution < 1.29 is 80.2 Å². The fourth-order valence-corrected chi connectivity index (χ4v) is 13.0. The molecule has 0 fully saturated rings. The maximum absolute atomic E-state index is 13.2. The summed E-state index contributed by atoms with van der Waals surface area (Å²) in [6, 6.07) is 0. The quantitative estimate of drug-likeness (QED) is 0.0169. The molecule has 0 spiro atoms. The van der Waals surface area contributed by atoms with Gasteiger partial charge in [-0.15, -0.1) is 0 Å². The maximum Gasteiger partial charge on any atom is 0.472 e. The molecule has 0 amide bonds. The molecule has 0 radical (unpaired) electrons. The van der Waals surface area contributed by atoms with E-state index in [1.807, 2.05) is 0 Å². The Labute approximate surface area is 680 Å². The summed E-state index contributed by atoms with van der Waals surface area (Å²) in [5.41, 5.74) is 0. The van der Waals surface area contributed by atoms with Gasteiger partial charge in [0.15, 0.2) is 12.2 Å². The fourth-order valence-electron chi connectivity index (χ4n) is 11.4. The molecule has 17 nitrogen and oxygen atoms in total. The van der Waals surface area contributed by atoms with Gasteiger partial charge in [-0.2, -0.15) is 0 Å². The normalized spacial score (nSPS) is 14.5. The smallest absolute Gasteiger partial charge is 0.462 e. The largest absolute Gasteiger partial charge is 0.472 e. The van der Waals surface area contributed by atoms with Crippen molar-refractivity contribution in [2.45, 2.75) is 367 Å². The summed E-state index contributed by atoms with van der Waals surface area (Å²) in [7, 11) is -9.99. The SMILES string of the molecule is CC/C=C\C/C=C\C/C=C\C/C=C\CCCCCCCCC(=O)OCC(COP(=O)(O)OCC(O)COP(=O)(O)OCC(COC(=O)CCCCCCCCC/C=C\C/C=C\C/C=C\CC)OC(=O)CCCCCCCCC/C=C\C/C=C\C/C=C\CC)OC(=O)CCCCCCCC/C=C\C/C=C\C/C=C\CCCCC. The van der Waals surface area contributed by atoms with Crippen molar-refractivity contribution in [3.63, 3.8) is 0 Å². The van der Waals surface area contributed by atoms with Crippen LogP contribution in [0.3, 0.4) is 0 Å². The van der Waals surface area contributed by atoms with E-state index >= 15 is 0 Å². The van der Waals surface area contributed by atoms with Crippen LogP contribution in [0.1, 0.15) is 349 Å². The Morgan fingerprint density at radius 1 is 0.259 bits per heavy atom. The Kier molecular flexibility index (Phi) is 79.6. The molecule has 3 N–H and O–H groups in total. The van der Waals surface area contributed by atoms with Gasteiger partial charge in [-0.1, -0.05) is 314 Å². The minimum atomic E-state index is -5.00. The summed E-state index contributed by atoms with van der Waals surface area (Å²) in [4.78, 5) is 73.4. The molecule has 640 valence electrons. The molecule has 0 aliphatic carbocycles. The Balaban J connectivity index is 5.43. The van der Waals surface area contributed by atoms with E-state index in [-0.39, 0.29) is 25.7 Å². The highest BCUT2D eigenvalue weighted by atomic mass is 31.2. The molecule has 0 rings (SSSR count). The lowest BCUT2D eigenvalue weighted by atomic mass is 10.1. The van der Waals surface area contributed by atoms with Gasteiger partial charge < -0.3 is 33.8 Å². The standard InChI is InChI=1S/C93H156O17P2/c1-5-9-13-17-21-25-29-33-37-41-43-47-50-54-58-62-66-70-74-78-91(96)104-84-89(110-93(98)80-76-72-68-64-60-56-52-48-44-42-38-34-30-26-22-18-14-10-6-2)86-108-112(101,102)106-82-87(94)81-105-111(99,100)107-85-88(109-92(97)79-75-71-67-63-59-55-51-46-40-36-32-28-24-20-16-12-8-4)83-103-90(95)77-73-69-65-61-57-53-49-45-39-35-31-27-23-19-15-11-7-3/h9,11-13,15-16,21-28,33-40,43-44,47-48,87-89,94H,5-8,10,14,17-20,29-32,41-42,45-46,49-86H2,1-4H3,(H,99,100)(H,101,102)/b13-9-,15-11-,16-12-,25-21-,26-22-,27-23-,28-24-,37-33-,38-34-,39-35-,40-36-,47-43-,48-44-. The van der Waals surface area contributed by atoms with Gasteiger partial charge in [0.05, 0.1) is 26.4 Å². The number of carbonyl (C=O) groups is 4. The molecule has 0 aromatic carbocycles. The van der Waals surface area contributed by atoms with Crippen LogP contribution >= 0.6 is 15.6 Å². The fraction of sp³-hybridized carbons (Fsp3) is 0.677. The van der Waals surface area contributed by atoms with Gasteiger partial charge in [-0.25, -0.2) is 9.13 Å². The number of phosphoric acid groups is 2. The minimum absolute atomic E-state index is 0.0726. The molecule has 0 heterocycles. The van der Waals surface area contributed by atoms with Gasteiger partial charge in [0.2, 0.25) is 0 Å². The number of phosphoric ester groups is 2. The molecule has 0 bridgehead atoms. The number of esters is 4. The predicted molar refractivity (Wildman–Crippen MR) is 464 cm³/mol. The van der Waals surface area contributed by atoms with Crippen molar-refractivity contribution in [2.75, 3.05) is 39.6 Å². The van der Waals surface area contributed by atoms with Crippen LogP contribution < -0.4 is 0 Å². The van der Waals surface area contributed by atoms with Crippen LogP contribution in [0.15, 0.2) is 158 Å². The van der Waals surface area contributed by atoms with Crippen LogP contribution in [-0.2, 0) is 65.4 Å². The van der Waals surface area contributed by atoms with E-state index in [2.05, 4.69) is 186 Å². The van der Waals surface area contributed by atoms with Crippen molar-refractivity contribution in [2.24, 2.45) is 0 Å². The van der Waals surface area contributed by atoms with Crippen molar-refractivity contribution >= 4 is 39.5 Å². The van der Waals surface area contributed by atoms with E-state index in [1.165, 1.54) is 19.3 Å². The lowest BCUT2D eigenvalue weighted by molar-refractivity contribution is -0.161. The first-order valence-corrected chi connectivity index (χ1v) is 46.7. The first kappa shape index (κ1) is 107. The monoisotopic (exact) mass is 1610 g/mol. The van der Waals surface area contributed by atoms with Crippen LogP contribution in [0.2, 0.25) is 0 Å². The predicted octanol–water partition coefficient (Wildman–Crippen LogP) is 26.3. The summed E-state index contributed by atoms with van der Waals surface area (Å²) < 4.78 is 68.9. The summed E-state index contributed by atoms with van der Waals surface area (Å²) in [6.07, 6.45) is 99.0. The average Bonchev–Trinajstić information content (AvgIpc) is 0.898. The Morgan fingerprint density at radius 3 is 0.714 bits per heavy atom. The second-order valence-electron chi connectivity index (χ2n) is 28.7. The minimum Gasteiger partial charge on any atom is -0.462 e. The number of hydrogen-bond donors (Lipinski definition) is 3. The Bertz CT molecular complexity index is 2740. The van der Waals surface area contributed by atoms with Gasteiger partial charge in [0, 0.05) is 25.7 Å². The highest BCUT2D eigenvalue weighted by Gasteiger charge is 2.30. The van der Waals surface area contributed by atoms with Gasteiger partial charge in [0.25, 0.3) is 0 Å². The number of rotatable bonds is 81. The van der Waals surface area contributed by atoms with E-state index in [4.69, 9.17) is 37.0 Å². The highest BCUT2D eigenvalue weighted by molar-refractivity contribution is 7.47. The number of carbonyl (C=O) groups excluding carboxylic acids is 4. The second kappa shape index (κ2) is 83.6. The number of aliphatic hydroxyl groups excluding tert-OH is 1. The van der Waals surface area contributed by atoms with E-state index in [0.29, 0.717) is 25.7 Å². The van der Waals surface area contributed by atoms with Gasteiger partial charge in [0.1, 0.15) is 19.3 Å². The number of allylic oxidation sites excluding steroid dienone is 26. The van der Waals surface area contributed by atoms with Crippen molar-refractivity contribution in [3.05, 3.63) is 158 Å².